The molecular formula is C25H24ClN5O2. The summed E-state index contributed by atoms with van der Waals surface area (Å²) in [5.74, 6) is 0.363. The summed E-state index contributed by atoms with van der Waals surface area (Å²) in [7, 11) is 0. The average molecular weight is 462 g/mol. The number of carbonyl (C=O) groups excluding carboxylic acids is 2. The van der Waals surface area contributed by atoms with Gasteiger partial charge in [0.25, 0.3) is 5.91 Å². The van der Waals surface area contributed by atoms with Crippen molar-refractivity contribution in [1.82, 2.24) is 20.1 Å². The summed E-state index contributed by atoms with van der Waals surface area (Å²) in [5, 5.41) is 11.6. The molecule has 0 aliphatic heterocycles. The number of nitrogens with zero attached hydrogens (tertiary/aromatic N) is 3. The summed E-state index contributed by atoms with van der Waals surface area (Å²) in [6.07, 6.45) is 0. The molecule has 33 heavy (non-hydrogen) atoms. The minimum absolute atomic E-state index is 0.186. The fourth-order valence-electron chi connectivity index (χ4n) is 3.75. The number of rotatable bonds is 5. The van der Waals surface area contributed by atoms with Crippen LogP contribution in [0.5, 0.6) is 0 Å². The lowest BCUT2D eigenvalue weighted by molar-refractivity contribution is -0.115. The number of aromatic nitrogens is 3. The molecule has 2 heterocycles. The first-order chi connectivity index (χ1) is 15.7. The highest BCUT2D eigenvalue weighted by atomic mass is 35.5. The van der Waals surface area contributed by atoms with E-state index in [1.807, 2.05) is 26.8 Å². The van der Waals surface area contributed by atoms with Crippen LogP contribution in [-0.4, -0.2) is 33.1 Å². The van der Waals surface area contributed by atoms with Gasteiger partial charge in [0.15, 0.2) is 5.82 Å². The molecule has 0 bridgehead atoms. The van der Waals surface area contributed by atoms with E-state index >= 15 is 0 Å². The number of benzene rings is 2. The Morgan fingerprint density at radius 3 is 2.42 bits per heavy atom. The lowest BCUT2D eigenvalue weighted by Gasteiger charge is -2.12. The largest absolute Gasteiger partial charge is 0.343 e. The van der Waals surface area contributed by atoms with Crippen molar-refractivity contribution in [2.75, 3.05) is 11.9 Å². The third-order valence-electron chi connectivity index (χ3n) is 5.27. The van der Waals surface area contributed by atoms with E-state index in [1.54, 1.807) is 35.0 Å². The van der Waals surface area contributed by atoms with E-state index in [9.17, 15) is 9.59 Å². The number of pyridine rings is 1. The second kappa shape index (κ2) is 9.03. The first-order valence-electron chi connectivity index (χ1n) is 10.5. The van der Waals surface area contributed by atoms with Crippen LogP contribution in [-0.2, 0) is 4.79 Å². The number of hydrogen-bond acceptors (Lipinski definition) is 4. The molecule has 2 aromatic carbocycles. The standard InChI is InChI=1S/C25H24ClN5O2/c1-14-9-16(3)24-20(10-14)15(2)11-21(29-24)31-22(12-17(4)30-31)28-23(32)13-27-25(33)18-5-7-19(26)8-6-18/h5-12H,13H2,1-4H3,(H,27,33)(H,28,32). The Bertz CT molecular complexity index is 1380. The molecule has 0 unspecified atom stereocenters. The highest BCUT2D eigenvalue weighted by Gasteiger charge is 2.15. The molecule has 0 saturated heterocycles. The maximum atomic E-state index is 12.6. The molecule has 7 nitrogen and oxygen atoms in total. The fourth-order valence-corrected chi connectivity index (χ4v) is 3.88. The van der Waals surface area contributed by atoms with Gasteiger partial charge >= 0.3 is 0 Å². The zero-order chi connectivity index (χ0) is 23.7. The molecule has 2 N–H and O–H groups in total. The smallest absolute Gasteiger partial charge is 0.251 e. The topological polar surface area (TPSA) is 88.9 Å². The van der Waals surface area contributed by atoms with Gasteiger partial charge in [-0.1, -0.05) is 23.2 Å². The second-order valence-corrected chi connectivity index (χ2v) is 8.53. The molecule has 0 atom stereocenters. The van der Waals surface area contributed by atoms with Gasteiger partial charge in [0.05, 0.1) is 17.8 Å². The van der Waals surface area contributed by atoms with Gasteiger partial charge in [-0.3, -0.25) is 9.59 Å². The monoisotopic (exact) mass is 461 g/mol. The Morgan fingerprint density at radius 1 is 0.970 bits per heavy atom. The van der Waals surface area contributed by atoms with Crippen LogP contribution in [0.1, 0.15) is 32.7 Å². The SMILES string of the molecule is Cc1cc(C)c2nc(-n3nc(C)cc3NC(=O)CNC(=O)c3ccc(Cl)cc3)cc(C)c2c1. The Hall–Kier alpha value is -3.71. The summed E-state index contributed by atoms with van der Waals surface area (Å²) in [4.78, 5) is 29.6. The van der Waals surface area contributed by atoms with Gasteiger partial charge in [0.2, 0.25) is 5.91 Å². The van der Waals surface area contributed by atoms with Crippen LogP contribution in [0.25, 0.3) is 16.7 Å². The molecule has 0 aliphatic rings. The Kier molecular flexibility index (Phi) is 6.16. The Morgan fingerprint density at radius 2 is 1.70 bits per heavy atom. The minimum atomic E-state index is -0.372. The van der Waals surface area contributed by atoms with Gasteiger partial charge in [-0.05, 0) is 75.2 Å². The number of fused-ring (bicyclic) bond motifs is 1. The molecule has 4 aromatic rings. The number of nitrogens with one attached hydrogen (secondary N) is 2. The van der Waals surface area contributed by atoms with Crippen LogP contribution in [0.4, 0.5) is 5.82 Å². The van der Waals surface area contributed by atoms with Crippen molar-refractivity contribution in [3.8, 4) is 5.82 Å². The van der Waals surface area contributed by atoms with E-state index in [2.05, 4.69) is 34.8 Å². The molecule has 0 spiro atoms. The third-order valence-corrected chi connectivity index (χ3v) is 5.53. The first-order valence-corrected chi connectivity index (χ1v) is 10.9. The van der Waals surface area contributed by atoms with Gasteiger partial charge in [0.1, 0.15) is 5.82 Å². The maximum absolute atomic E-state index is 12.6. The normalized spacial score (nSPS) is 10.9. The van der Waals surface area contributed by atoms with Crippen LogP contribution < -0.4 is 10.6 Å². The van der Waals surface area contributed by atoms with Crippen molar-refractivity contribution in [3.63, 3.8) is 0 Å². The highest BCUT2D eigenvalue weighted by Crippen LogP contribution is 2.25. The number of carbonyl (C=O) groups is 2. The molecule has 0 fully saturated rings. The number of halogens is 1. The Labute approximate surface area is 196 Å². The second-order valence-electron chi connectivity index (χ2n) is 8.10. The fraction of sp³-hybridized carbons (Fsp3) is 0.200. The molecule has 4 rings (SSSR count). The van der Waals surface area contributed by atoms with Gasteiger partial charge < -0.3 is 10.6 Å². The van der Waals surface area contributed by atoms with Crippen LogP contribution >= 0.6 is 11.6 Å². The van der Waals surface area contributed by atoms with Gasteiger partial charge in [-0.25, -0.2) is 4.98 Å². The van der Waals surface area contributed by atoms with Gasteiger partial charge in [0, 0.05) is 22.0 Å². The van der Waals surface area contributed by atoms with Crippen LogP contribution in [0, 0.1) is 27.7 Å². The lowest BCUT2D eigenvalue weighted by atomic mass is 10.0. The summed E-state index contributed by atoms with van der Waals surface area (Å²) in [6.45, 7) is 7.79. The van der Waals surface area contributed by atoms with E-state index in [0.29, 0.717) is 22.2 Å². The van der Waals surface area contributed by atoms with Gasteiger partial charge in [-0.15, -0.1) is 0 Å². The Balaban J connectivity index is 1.55. The zero-order valence-corrected chi connectivity index (χ0v) is 19.6. The summed E-state index contributed by atoms with van der Waals surface area (Å²) < 4.78 is 1.61. The number of amides is 2. The summed E-state index contributed by atoms with van der Waals surface area (Å²) in [5.41, 5.74) is 5.39. The van der Waals surface area contributed by atoms with Gasteiger partial charge in [-0.2, -0.15) is 9.78 Å². The number of anilines is 1. The van der Waals surface area contributed by atoms with Crippen LogP contribution in [0.3, 0.4) is 0 Å². The maximum Gasteiger partial charge on any atom is 0.251 e. The molecular weight excluding hydrogens is 438 g/mol. The highest BCUT2D eigenvalue weighted by molar-refractivity contribution is 6.30. The number of aryl methyl sites for hydroxylation is 4. The zero-order valence-electron chi connectivity index (χ0n) is 18.9. The van der Waals surface area contributed by atoms with Crippen molar-refractivity contribution >= 4 is 40.1 Å². The van der Waals surface area contributed by atoms with Crippen molar-refractivity contribution in [1.29, 1.82) is 0 Å². The van der Waals surface area contributed by atoms with Crippen molar-refractivity contribution in [3.05, 3.63) is 81.5 Å². The van der Waals surface area contributed by atoms with E-state index in [-0.39, 0.29) is 18.4 Å². The number of hydrogen-bond donors (Lipinski definition) is 2. The van der Waals surface area contributed by atoms with E-state index in [4.69, 9.17) is 16.6 Å². The molecule has 168 valence electrons. The lowest BCUT2D eigenvalue weighted by Crippen LogP contribution is -2.33. The molecule has 0 aliphatic carbocycles. The molecule has 0 saturated carbocycles. The van der Waals surface area contributed by atoms with Crippen LogP contribution in [0.2, 0.25) is 5.02 Å². The predicted octanol–water partition coefficient (Wildman–Crippen LogP) is 4.68. The molecule has 2 amide bonds. The predicted molar refractivity (Wildman–Crippen MR) is 130 cm³/mol. The summed E-state index contributed by atoms with van der Waals surface area (Å²) in [6, 6.07) is 14.4. The van der Waals surface area contributed by atoms with E-state index in [1.165, 1.54) is 5.56 Å². The molecule has 0 radical (unpaired) electrons. The van der Waals surface area contributed by atoms with Crippen molar-refractivity contribution in [2.24, 2.45) is 0 Å². The summed E-state index contributed by atoms with van der Waals surface area (Å²) >= 11 is 5.85. The molecule has 2 aromatic heterocycles. The van der Waals surface area contributed by atoms with E-state index in [0.717, 1.165) is 27.7 Å². The van der Waals surface area contributed by atoms with Crippen LogP contribution in [0.15, 0.2) is 48.5 Å². The third kappa shape index (κ3) is 4.88. The average Bonchev–Trinajstić information content (AvgIpc) is 3.13. The molecule has 8 heteroatoms. The first kappa shape index (κ1) is 22.5. The minimum Gasteiger partial charge on any atom is -0.343 e. The quantitative estimate of drug-likeness (QED) is 0.451. The van der Waals surface area contributed by atoms with E-state index < -0.39 is 0 Å². The van der Waals surface area contributed by atoms with Crippen molar-refractivity contribution < 1.29 is 9.59 Å². The van der Waals surface area contributed by atoms with Crippen molar-refractivity contribution in [2.45, 2.75) is 27.7 Å².